The van der Waals surface area contributed by atoms with Crippen LogP contribution in [0, 0.1) is 5.92 Å². The zero-order chi connectivity index (χ0) is 12.3. The molecule has 1 unspecified atom stereocenters. The molecule has 0 bridgehead atoms. The number of rotatable bonds is 3. The van der Waals surface area contributed by atoms with Gasteiger partial charge in [-0.3, -0.25) is 4.79 Å². The summed E-state index contributed by atoms with van der Waals surface area (Å²) in [5.41, 5.74) is 0. The van der Waals surface area contributed by atoms with Crippen LogP contribution in [-0.4, -0.2) is 24.8 Å². The van der Waals surface area contributed by atoms with Gasteiger partial charge in [0.05, 0.1) is 5.92 Å². The van der Waals surface area contributed by atoms with Gasteiger partial charge in [-0.1, -0.05) is 6.92 Å². The van der Waals surface area contributed by atoms with E-state index in [1.165, 1.54) is 5.32 Å². The van der Waals surface area contributed by atoms with Crippen molar-refractivity contribution in [2.45, 2.75) is 25.7 Å². The lowest BCUT2D eigenvalue weighted by Crippen LogP contribution is -2.36. The van der Waals surface area contributed by atoms with Gasteiger partial charge in [0.1, 0.15) is 6.54 Å². The van der Waals surface area contributed by atoms with Crippen molar-refractivity contribution in [2.75, 3.05) is 6.54 Å². The molecule has 15 heavy (non-hydrogen) atoms. The molecule has 2 nitrogen and oxygen atoms in total. The Morgan fingerprint density at radius 1 is 1.20 bits per heavy atom. The van der Waals surface area contributed by atoms with E-state index in [1.54, 1.807) is 0 Å². The van der Waals surface area contributed by atoms with Crippen LogP contribution in [0.15, 0.2) is 0 Å². The van der Waals surface area contributed by atoms with Gasteiger partial charge < -0.3 is 5.32 Å². The molecule has 0 aliphatic heterocycles. The highest BCUT2D eigenvalue weighted by Crippen LogP contribution is 2.28. The summed E-state index contributed by atoms with van der Waals surface area (Å²) in [6.45, 7) is -0.885. The highest BCUT2D eigenvalue weighted by molar-refractivity contribution is 5.76. The smallest absolute Gasteiger partial charge is 0.347 e. The lowest BCUT2D eigenvalue weighted by atomic mass is 10.1. The number of carbonyl (C=O) groups excluding carboxylic acids is 1. The van der Waals surface area contributed by atoms with Crippen LogP contribution < -0.4 is 5.32 Å². The molecular formula is C7H9F6NO. The summed E-state index contributed by atoms with van der Waals surface area (Å²) in [7, 11) is 0. The fourth-order valence-electron chi connectivity index (χ4n) is 0.665. The van der Waals surface area contributed by atoms with E-state index in [1.807, 2.05) is 0 Å². The minimum atomic E-state index is -4.61. The van der Waals surface area contributed by atoms with E-state index in [0.717, 1.165) is 6.92 Å². The molecule has 0 aliphatic carbocycles. The first-order chi connectivity index (χ1) is 6.52. The van der Waals surface area contributed by atoms with Gasteiger partial charge in [-0.2, -0.15) is 26.3 Å². The van der Waals surface area contributed by atoms with Crippen LogP contribution in [0.5, 0.6) is 0 Å². The largest absolute Gasteiger partial charge is 0.405 e. The van der Waals surface area contributed by atoms with Gasteiger partial charge in [-0.05, 0) is 0 Å². The number of alkyl halides is 6. The van der Waals surface area contributed by atoms with Gasteiger partial charge in [0.2, 0.25) is 5.91 Å². The van der Waals surface area contributed by atoms with Crippen molar-refractivity contribution in [3.05, 3.63) is 0 Å². The average Bonchev–Trinajstić information content (AvgIpc) is 1.97. The Kier molecular flexibility index (Phi) is 4.42. The molecule has 0 aromatic carbocycles. The standard InChI is InChI=1S/C7H9F6NO/c1-4(7(11,12)13)2-5(15)14-3-6(8,9)10/h4H,2-3H2,1H3,(H,14,15). The predicted molar refractivity (Wildman–Crippen MR) is 38.9 cm³/mol. The van der Waals surface area contributed by atoms with Crippen molar-refractivity contribution in [2.24, 2.45) is 5.92 Å². The van der Waals surface area contributed by atoms with Gasteiger partial charge in [-0.15, -0.1) is 0 Å². The topological polar surface area (TPSA) is 29.1 Å². The third-order valence-corrected chi connectivity index (χ3v) is 1.54. The maximum Gasteiger partial charge on any atom is 0.405 e. The molecule has 0 aromatic rings. The van der Waals surface area contributed by atoms with Crippen molar-refractivity contribution in [1.82, 2.24) is 5.32 Å². The maximum atomic E-state index is 11.9. The molecule has 1 N–H and O–H groups in total. The summed E-state index contributed by atoms with van der Waals surface area (Å²) in [4.78, 5) is 10.6. The van der Waals surface area contributed by atoms with E-state index in [0.29, 0.717) is 0 Å². The van der Waals surface area contributed by atoms with Crippen LogP contribution in [0.4, 0.5) is 26.3 Å². The Balaban J connectivity index is 3.96. The minimum absolute atomic E-state index is 0.729. The summed E-state index contributed by atoms with van der Waals surface area (Å²) >= 11 is 0. The van der Waals surface area contributed by atoms with Crippen molar-refractivity contribution >= 4 is 5.91 Å². The fraction of sp³-hybridized carbons (Fsp3) is 0.857. The molecule has 0 spiro atoms. The number of hydrogen-bond donors (Lipinski definition) is 1. The third-order valence-electron chi connectivity index (χ3n) is 1.54. The Hall–Kier alpha value is -0.950. The van der Waals surface area contributed by atoms with Crippen molar-refractivity contribution in [3.8, 4) is 0 Å². The molecule has 0 saturated heterocycles. The fourth-order valence-corrected chi connectivity index (χ4v) is 0.665. The summed E-state index contributed by atoms with van der Waals surface area (Å²) in [6.07, 6.45) is -10.2. The van der Waals surface area contributed by atoms with Crippen molar-refractivity contribution in [1.29, 1.82) is 0 Å². The Labute approximate surface area is 81.6 Å². The highest BCUT2D eigenvalue weighted by Gasteiger charge is 2.37. The number of nitrogens with one attached hydrogen (secondary N) is 1. The predicted octanol–water partition coefficient (Wildman–Crippen LogP) is 2.25. The van der Waals surface area contributed by atoms with Gasteiger partial charge in [0.25, 0.3) is 0 Å². The molecule has 0 heterocycles. The summed E-state index contributed by atoms with van der Waals surface area (Å²) in [5, 5.41) is 1.36. The van der Waals surface area contributed by atoms with E-state index in [4.69, 9.17) is 0 Å². The first kappa shape index (κ1) is 14.0. The van der Waals surface area contributed by atoms with Crippen LogP contribution in [0.1, 0.15) is 13.3 Å². The summed E-state index contributed by atoms with van der Waals surface area (Å²) in [6, 6.07) is 0. The average molecular weight is 237 g/mol. The summed E-state index contributed by atoms with van der Waals surface area (Å²) < 4.78 is 70.3. The first-order valence-electron chi connectivity index (χ1n) is 3.92. The maximum absolute atomic E-state index is 11.9. The van der Waals surface area contributed by atoms with Gasteiger partial charge >= 0.3 is 12.4 Å². The molecule has 1 amide bonds. The van der Waals surface area contributed by atoms with E-state index in [9.17, 15) is 31.1 Å². The van der Waals surface area contributed by atoms with E-state index in [2.05, 4.69) is 0 Å². The molecule has 0 fully saturated rings. The van der Waals surface area contributed by atoms with Crippen LogP contribution in [0.3, 0.4) is 0 Å². The monoisotopic (exact) mass is 237 g/mol. The van der Waals surface area contributed by atoms with Gasteiger partial charge in [0, 0.05) is 6.42 Å². The Morgan fingerprint density at radius 2 is 1.67 bits per heavy atom. The quantitative estimate of drug-likeness (QED) is 0.749. The molecule has 0 aromatic heterocycles. The lowest BCUT2D eigenvalue weighted by molar-refractivity contribution is -0.175. The summed E-state index contributed by atoms with van der Waals surface area (Å²) in [5.74, 6) is -3.22. The molecule has 90 valence electrons. The second kappa shape index (κ2) is 4.71. The lowest BCUT2D eigenvalue weighted by Gasteiger charge is -2.15. The third kappa shape index (κ3) is 7.03. The molecule has 1 atom stereocenters. The zero-order valence-corrected chi connectivity index (χ0v) is 7.67. The molecular weight excluding hydrogens is 228 g/mol. The van der Waals surface area contributed by atoms with Gasteiger partial charge in [-0.25, -0.2) is 0 Å². The SMILES string of the molecule is CC(CC(=O)NCC(F)(F)F)C(F)(F)F. The molecule has 0 radical (unpaired) electrons. The van der Waals surface area contributed by atoms with Crippen LogP contribution >= 0.6 is 0 Å². The van der Waals surface area contributed by atoms with Crippen LogP contribution in [0.25, 0.3) is 0 Å². The van der Waals surface area contributed by atoms with E-state index >= 15 is 0 Å². The minimum Gasteiger partial charge on any atom is -0.347 e. The first-order valence-corrected chi connectivity index (χ1v) is 3.92. The highest BCUT2D eigenvalue weighted by atomic mass is 19.4. The van der Waals surface area contributed by atoms with Crippen LogP contribution in [0.2, 0.25) is 0 Å². The Morgan fingerprint density at radius 3 is 2.00 bits per heavy atom. The number of carbonyl (C=O) groups is 1. The number of amides is 1. The molecule has 0 aliphatic rings. The zero-order valence-electron chi connectivity index (χ0n) is 7.67. The number of halogens is 6. The van der Waals surface area contributed by atoms with E-state index in [-0.39, 0.29) is 0 Å². The molecule has 8 heteroatoms. The van der Waals surface area contributed by atoms with E-state index < -0.39 is 37.1 Å². The number of hydrogen-bond acceptors (Lipinski definition) is 1. The van der Waals surface area contributed by atoms with Crippen molar-refractivity contribution < 1.29 is 31.1 Å². The molecule has 0 rings (SSSR count). The second-order valence-corrected chi connectivity index (χ2v) is 3.04. The Bertz CT molecular complexity index is 221. The van der Waals surface area contributed by atoms with Crippen molar-refractivity contribution in [3.63, 3.8) is 0 Å². The second-order valence-electron chi connectivity index (χ2n) is 3.04. The van der Waals surface area contributed by atoms with Crippen LogP contribution in [-0.2, 0) is 4.79 Å². The normalized spacial score (nSPS) is 14.9. The van der Waals surface area contributed by atoms with Gasteiger partial charge in [0.15, 0.2) is 0 Å². The molecule has 0 saturated carbocycles.